The van der Waals surface area contributed by atoms with E-state index in [0.29, 0.717) is 5.69 Å². The van der Waals surface area contributed by atoms with Gasteiger partial charge >= 0.3 is 0 Å². The molecule has 1 aromatic carbocycles. The van der Waals surface area contributed by atoms with Gasteiger partial charge in [0.1, 0.15) is 5.01 Å². The molecule has 0 aliphatic rings. The van der Waals surface area contributed by atoms with Crippen molar-refractivity contribution in [3.05, 3.63) is 46.1 Å². The number of aliphatic imine (C=N–C) groups is 2. The summed E-state index contributed by atoms with van der Waals surface area (Å²) in [5, 5.41) is 10.1. The Bertz CT molecular complexity index is 752. The molecule has 24 heavy (non-hydrogen) atoms. The van der Waals surface area contributed by atoms with Crippen molar-refractivity contribution in [3.8, 4) is 0 Å². The van der Waals surface area contributed by atoms with Gasteiger partial charge in [-0.05, 0) is 55.5 Å². The second-order valence-corrected chi connectivity index (χ2v) is 7.21. The summed E-state index contributed by atoms with van der Waals surface area (Å²) in [4.78, 5) is 12.7. The Hall–Kier alpha value is -1.96. The molecule has 3 N–H and O–H groups in total. The van der Waals surface area contributed by atoms with Gasteiger partial charge in [-0.3, -0.25) is 0 Å². The number of hydrogen-bond donors (Lipinski definition) is 2. The number of aryl methyl sites for hydroxylation is 2. The van der Waals surface area contributed by atoms with Gasteiger partial charge in [0.05, 0.1) is 22.2 Å². The highest BCUT2D eigenvalue weighted by atomic mass is 32.2. The first kappa shape index (κ1) is 18.4. The minimum atomic E-state index is -0.0515. The molecule has 0 fully saturated rings. The molecule has 1 aromatic heterocycles. The Morgan fingerprint density at radius 3 is 2.62 bits per heavy atom. The molecule has 1 heterocycles. The molecule has 0 saturated carbocycles. The van der Waals surface area contributed by atoms with Gasteiger partial charge in [-0.15, -0.1) is 23.1 Å². The summed E-state index contributed by atoms with van der Waals surface area (Å²) in [6, 6.07) is 6.00. The number of allylic oxidation sites excluding steroid dienone is 1. The molecular formula is C17H20N4OS2. The molecule has 0 aliphatic carbocycles. The number of hydrogen-bond acceptors (Lipinski definition) is 5. The molecule has 5 nitrogen and oxygen atoms in total. The SMILES string of the molecule is CSc1sc(/C=C/C=NC(N)=Nc2cc(C)cc(C)c2)nc1CO. The fourth-order valence-electron chi connectivity index (χ4n) is 2.11. The average molecular weight is 361 g/mol. The normalized spacial score (nSPS) is 12.6. The Balaban J connectivity index is 2.04. The maximum absolute atomic E-state index is 9.23. The lowest BCUT2D eigenvalue weighted by atomic mass is 10.1. The van der Waals surface area contributed by atoms with Crippen LogP contribution in [0, 0.1) is 13.8 Å². The van der Waals surface area contributed by atoms with Crippen molar-refractivity contribution in [2.45, 2.75) is 24.7 Å². The summed E-state index contributed by atoms with van der Waals surface area (Å²) in [6.45, 7) is 3.99. The molecule has 0 saturated heterocycles. The number of nitrogens with two attached hydrogens (primary N) is 1. The minimum Gasteiger partial charge on any atom is -0.390 e. The summed E-state index contributed by atoms with van der Waals surface area (Å²) < 4.78 is 1.02. The minimum absolute atomic E-state index is 0.0515. The van der Waals surface area contributed by atoms with Crippen molar-refractivity contribution in [2.75, 3.05) is 6.26 Å². The van der Waals surface area contributed by atoms with Gasteiger partial charge in [0.15, 0.2) is 0 Å². The highest BCUT2D eigenvalue weighted by Gasteiger charge is 2.06. The number of nitrogens with zero attached hydrogens (tertiary/aromatic N) is 3. The van der Waals surface area contributed by atoms with Crippen molar-refractivity contribution in [3.63, 3.8) is 0 Å². The fraction of sp³-hybridized carbons (Fsp3) is 0.235. The van der Waals surface area contributed by atoms with Crippen molar-refractivity contribution in [1.29, 1.82) is 0 Å². The summed E-state index contributed by atoms with van der Waals surface area (Å²) >= 11 is 3.11. The van der Waals surface area contributed by atoms with E-state index in [1.807, 2.05) is 38.3 Å². The summed E-state index contributed by atoms with van der Waals surface area (Å²) in [7, 11) is 0. The molecule has 0 radical (unpaired) electrons. The molecule has 0 amide bonds. The monoisotopic (exact) mass is 360 g/mol. The van der Waals surface area contributed by atoms with Gasteiger partial charge in [-0.2, -0.15) is 0 Å². The largest absolute Gasteiger partial charge is 0.390 e. The van der Waals surface area contributed by atoms with Gasteiger partial charge in [-0.25, -0.2) is 15.0 Å². The number of aliphatic hydroxyl groups is 1. The third kappa shape index (κ3) is 5.30. The standard InChI is InChI=1S/C17H20N4OS2/c1-11-7-12(2)9-13(8-11)20-17(18)19-6-4-5-15-21-14(10-22)16(23-3)24-15/h4-9,22H,10H2,1-3H3,(H2,18,20)/b5-4+,19-6?. The van der Waals surface area contributed by atoms with Gasteiger partial charge in [0, 0.05) is 6.21 Å². The highest BCUT2D eigenvalue weighted by Crippen LogP contribution is 2.28. The molecular weight excluding hydrogens is 340 g/mol. The number of thiazole rings is 1. The molecule has 0 atom stereocenters. The van der Waals surface area contributed by atoms with E-state index in [2.05, 4.69) is 21.0 Å². The lowest BCUT2D eigenvalue weighted by Crippen LogP contribution is -2.07. The Morgan fingerprint density at radius 1 is 1.33 bits per heavy atom. The van der Waals surface area contributed by atoms with Crippen molar-refractivity contribution < 1.29 is 5.11 Å². The quantitative estimate of drug-likeness (QED) is 0.484. The van der Waals surface area contributed by atoms with Crippen molar-refractivity contribution >= 4 is 47.0 Å². The lowest BCUT2D eigenvalue weighted by Gasteiger charge is -1.99. The van der Waals surface area contributed by atoms with Crippen LogP contribution in [0.4, 0.5) is 5.69 Å². The fourth-order valence-corrected chi connectivity index (χ4v) is 3.76. The zero-order valence-corrected chi connectivity index (χ0v) is 15.5. The molecule has 126 valence electrons. The molecule has 0 bridgehead atoms. The summed E-state index contributed by atoms with van der Waals surface area (Å²) in [6.07, 6.45) is 7.14. The van der Waals surface area contributed by atoms with Crippen LogP contribution >= 0.6 is 23.1 Å². The van der Waals surface area contributed by atoms with Gasteiger partial charge < -0.3 is 10.8 Å². The number of aliphatic hydroxyl groups excluding tert-OH is 1. The van der Waals surface area contributed by atoms with Crippen LogP contribution in [0.15, 0.2) is 38.5 Å². The molecule has 2 rings (SSSR count). The van der Waals surface area contributed by atoms with Gasteiger partial charge in [-0.1, -0.05) is 6.07 Å². The Labute approximate surface area is 150 Å². The zero-order chi connectivity index (χ0) is 17.5. The first-order valence-electron chi connectivity index (χ1n) is 7.29. The molecule has 2 aromatic rings. The number of aromatic nitrogens is 1. The van der Waals surface area contributed by atoms with Crippen LogP contribution in [0.3, 0.4) is 0 Å². The topological polar surface area (TPSA) is 83.9 Å². The first-order valence-corrected chi connectivity index (χ1v) is 9.33. The van der Waals surface area contributed by atoms with Crippen LogP contribution in [0.2, 0.25) is 0 Å². The first-order chi connectivity index (χ1) is 11.5. The predicted molar refractivity (Wildman–Crippen MR) is 105 cm³/mol. The van der Waals surface area contributed by atoms with Gasteiger partial charge in [0.25, 0.3) is 0 Å². The predicted octanol–water partition coefficient (Wildman–Crippen LogP) is 3.70. The van der Waals surface area contributed by atoms with E-state index >= 15 is 0 Å². The third-order valence-corrected chi connectivity index (χ3v) is 5.21. The highest BCUT2D eigenvalue weighted by molar-refractivity contribution is 8.00. The van der Waals surface area contributed by atoms with Crippen molar-refractivity contribution in [2.24, 2.45) is 15.7 Å². The maximum atomic E-state index is 9.23. The van der Waals surface area contributed by atoms with E-state index in [4.69, 9.17) is 5.73 Å². The van der Waals surface area contributed by atoms with Crippen molar-refractivity contribution in [1.82, 2.24) is 4.98 Å². The van der Waals surface area contributed by atoms with E-state index in [-0.39, 0.29) is 12.6 Å². The van der Waals surface area contributed by atoms with Crippen LogP contribution in [0.5, 0.6) is 0 Å². The average Bonchev–Trinajstić information content (AvgIpc) is 2.93. The molecule has 7 heteroatoms. The Morgan fingerprint density at radius 2 is 2.04 bits per heavy atom. The second-order valence-electron chi connectivity index (χ2n) is 5.10. The number of thioether (sulfide) groups is 1. The molecule has 0 aliphatic heterocycles. The van der Waals surface area contributed by atoms with Crippen LogP contribution in [0.25, 0.3) is 6.08 Å². The van der Waals surface area contributed by atoms with E-state index in [1.54, 1.807) is 24.1 Å². The third-order valence-electron chi connectivity index (χ3n) is 2.99. The van der Waals surface area contributed by atoms with Crippen LogP contribution < -0.4 is 5.73 Å². The van der Waals surface area contributed by atoms with E-state index in [1.165, 1.54) is 11.3 Å². The van der Waals surface area contributed by atoms with E-state index in [0.717, 1.165) is 26.0 Å². The lowest BCUT2D eigenvalue weighted by molar-refractivity contribution is 0.275. The smallest absolute Gasteiger partial charge is 0.220 e. The van der Waals surface area contributed by atoms with Crippen LogP contribution in [0.1, 0.15) is 21.8 Å². The summed E-state index contributed by atoms with van der Waals surface area (Å²) in [5.41, 5.74) is 9.60. The summed E-state index contributed by atoms with van der Waals surface area (Å²) in [5.74, 6) is 0.199. The second kappa shape index (κ2) is 8.77. The molecule has 0 spiro atoms. The van der Waals surface area contributed by atoms with E-state index < -0.39 is 0 Å². The number of rotatable bonds is 5. The van der Waals surface area contributed by atoms with Crippen LogP contribution in [-0.4, -0.2) is 28.5 Å². The number of benzene rings is 1. The van der Waals surface area contributed by atoms with Gasteiger partial charge in [0.2, 0.25) is 5.96 Å². The zero-order valence-electron chi connectivity index (χ0n) is 13.9. The van der Waals surface area contributed by atoms with E-state index in [9.17, 15) is 5.11 Å². The van der Waals surface area contributed by atoms with Crippen LogP contribution in [-0.2, 0) is 6.61 Å². The number of guanidine groups is 1. The molecule has 0 unspecified atom stereocenters. The maximum Gasteiger partial charge on any atom is 0.220 e. The Kier molecular flexibility index (Phi) is 6.72.